The summed E-state index contributed by atoms with van der Waals surface area (Å²) in [5.41, 5.74) is 7.52. The number of rotatable bonds is 3. The average Bonchev–Trinajstić information content (AvgIpc) is 2.69. The highest BCUT2D eigenvalue weighted by Crippen LogP contribution is 2.27. The molecule has 0 aliphatic heterocycles. The summed E-state index contributed by atoms with van der Waals surface area (Å²) in [6.45, 7) is 1.99. The van der Waals surface area contributed by atoms with Crippen LogP contribution in [0.2, 0.25) is 0 Å². The lowest BCUT2D eigenvalue weighted by molar-refractivity contribution is -0.689. The molecule has 0 radical (unpaired) electrons. The van der Waals surface area contributed by atoms with Gasteiger partial charge in [-0.25, -0.2) is 9.36 Å². The van der Waals surface area contributed by atoms with Crippen molar-refractivity contribution >= 4 is 28.5 Å². The molecular weight excluding hydrogens is 344 g/mol. The first-order valence-electron chi connectivity index (χ1n) is 9.44. The van der Waals surface area contributed by atoms with E-state index in [1.807, 2.05) is 10.6 Å². The summed E-state index contributed by atoms with van der Waals surface area (Å²) >= 11 is 0. The maximum absolute atomic E-state index is 13.1. The minimum absolute atomic E-state index is 0.119. The molecule has 4 rings (SSSR count). The van der Waals surface area contributed by atoms with Gasteiger partial charge in [0, 0.05) is 6.20 Å². The van der Waals surface area contributed by atoms with Crippen LogP contribution in [0.1, 0.15) is 55.4 Å². The fourth-order valence-corrected chi connectivity index (χ4v) is 3.94. The van der Waals surface area contributed by atoms with Crippen molar-refractivity contribution < 1.29 is 14.1 Å². The van der Waals surface area contributed by atoms with E-state index in [1.54, 1.807) is 25.3 Å². The van der Waals surface area contributed by atoms with Gasteiger partial charge in [-0.15, -0.1) is 0 Å². The van der Waals surface area contributed by atoms with Crippen LogP contribution in [0.3, 0.4) is 0 Å². The van der Waals surface area contributed by atoms with Crippen molar-refractivity contribution in [2.24, 2.45) is 0 Å². The first-order valence-corrected chi connectivity index (χ1v) is 9.44. The Kier molecular flexibility index (Phi) is 4.51. The Bertz CT molecular complexity index is 1080. The third-order valence-electron chi connectivity index (χ3n) is 5.24. The molecule has 3 heterocycles. The van der Waals surface area contributed by atoms with Crippen molar-refractivity contribution in [3.8, 4) is 0 Å². The maximum Gasteiger partial charge on any atom is 0.344 e. The Hall–Kier alpha value is -2.96. The standard InChI is InChI=1S/C20H22N4O3/c1-2-27-20(26)14-12-15-18(22-16-10-6-7-11-23(16)19(15)25)24(17(14)21)13-8-4-3-5-9-13/h6-7,10-13,21H,2-5,8-9H2,1H3/p+1. The van der Waals surface area contributed by atoms with Gasteiger partial charge in [0.15, 0.2) is 0 Å². The smallest absolute Gasteiger partial charge is 0.344 e. The number of aromatic nitrogens is 3. The molecule has 0 aromatic carbocycles. The molecule has 0 bridgehead atoms. The quantitative estimate of drug-likeness (QED) is 0.436. The number of esters is 1. The molecule has 1 aliphatic rings. The van der Waals surface area contributed by atoms with Crippen LogP contribution in [0.15, 0.2) is 35.3 Å². The van der Waals surface area contributed by atoms with E-state index in [0.29, 0.717) is 22.5 Å². The van der Waals surface area contributed by atoms with Crippen LogP contribution < -0.4 is 15.9 Å². The van der Waals surface area contributed by atoms with Gasteiger partial charge in [0.1, 0.15) is 10.9 Å². The molecule has 7 heteroatoms. The maximum atomic E-state index is 13.1. The molecule has 1 fully saturated rings. The van der Waals surface area contributed by atoms with Gasteiger partial charge in [-0.1, -0.05) is 17.5 Å². The van der Waals surface area contributed by atoms with E-state index < -0.39 is 5.97 Å². The Morgan fingerprint density at radius 2 is 2.11 bits per heavy atom. The first kappa shape index (κ1) is 17.5. The summed E-state index contributed by atoms with van der Waals surface area (Å²) in [6.07, 6.45) is 6.95. The molecule has 140 valence electrons. The Morgan fingerprint density at radius 3 is 2.85 bits per heavy atom. The summed E-state index contributed by atoms with van der Waals surface area (Å²) in [5.74, 6) is -0.195. The SMILES string of the molecule is CCOC(=O)c1cc2c(=O)n3ccccc3nc2[n+](C2CCCCC2)c1N. The number of carbonyl (C=O) groups is 1. The second-order valence-electron chi connectivity index (χ2n) is 6.91. The molecule has 3 aromatic rings. The number of hydrogen-bond acceptors (Lipinski definition) is 5. The second kappa shape index (κ2) is 6.98. The van der Waals surface area contributed by atoms with E-state index in [4.69, 9.17) is 15.5 Å². The van der Waals surface area contributed by atoms with Crippen LogP contribution >= 0.6 is 0 Å². The third kappa shape index (κ3) is 2.93. The van der Waals surface area contributed by atoms with Gasteiger partial charge in [-0.05, 0) is 50.8 Å². The van der Waals surface area contributed by atoms with E-state index in [1.165, 1.54) is 16.9 Å². The first-order chi connectivity index (χ1) is 13.1. The lowest BCUT2D eigenvalue weighted by Gasteiger charge is -2.23. The van der Waals surface area contributed by atoms with Crippen LogP contribution in [0, 0.1) is 0 Å². The fourth-order valence-electron chi connectivity index (χ4n) is 3.94. The number of ether oxygens (including phenoxy) is 1. The molecule has 0 spiro atoms. The van der Waals surface area contributed by atoms with Crippen molar-refractivity contribution in [3.63, 3.8) is 0 Å². The fraction of sp³-hybridized carbons (Fsp3) is 0.400. The Balaban J connectivity index is 2.08. The molecule has 7 nitrogen and oxygen atoms in total. The van der Waals surface area contributed by atoms with Crippen molar-refractivity contribution in [1.82, 2.24) is 9.38 Å². The number of pyridine rings is 2. The zero-order valence-corrected chi connectivity index (χ0v) is 15.4. The number of hydrogen-bond donors (Lipinski definition) is 1. The summed E-state index contributed by atoms with van der Waals surface area (Å²) in [6, 6.07) is 7.06. The predicted molar refractivity (Wildman–Crippen MR) is 102 cm³/mol. The lowest BCUT2D eigenvalue weighted by Crippen LogP contribution is -2.46. The van der Waals surface area contributed by atoms with Gasteiger partial charge in [-0.2, -0.15) is 0 Å². The molecule has 0 unspecified atom stereocenters. The van der Waals surface area contributed by atoms with Crippen molar-refractivity contribution in [1.29, 1.82) is 0 Å². The second-order valence-corrected chi connectivity index (χ2v) is 6.91. The topological polar surface area (TPSA) is 90.6 Å². The summed E-state index contributed by atoms with van der Waals surface area (Å²) in [5, 5.41) is 0.376. The highest BCUT2D eigenvalue weighted by molar-refractivity contribution is 5.96. The van der Waals surface area contributed by atoms with Crippen LogP contribution in [-0.2, 0) is 4.74 Å². The molecular formula is C20H23N4O3+. The van der Waals surface area contributed by atoms with E-state index >= 15 is 0 Å². The average molecular weight is 367 g/mol. The van der Waals surface area contributed by atoms with Gasteiger partial charge in [0.2, 0.25) is 11.5 Å². The molecule has 2 N–H and O–H groups in total. The molecule has 27 heavy (non-hydrogen) atoms. The molecule has 1 saturated carbocycles. The molecule has 0 saturated heterocycles. The summed E-state index contributed by atoms with van der Waals surface area (Å²) in [7, 11) is 0. The number of fused-ring (bicyclic) bond motifs is 2. The minimum atomic E-state index is -0.515. The molecule has 1 aliphatic carbocycles. The zero-order valence-electron chi connectivity index (χ0n) is 15.4. The third-order valence-corrected chi connectivity index (χ3v) is 5.24. The summed E-state index contributed by atoms with van der Waals surface area (Å²) < 4.78 is 8.53. The lowest BCUT2D eigenvalue weighted by atomic mass is 9.94. The Morgan fingerprint density at radius 1 is 1.33 bits per heavy atom. The van der Waals surface area contributed by atoms with Crippen LogP contribution in [0.4, 0.5) is 5.82 Å². The van der Waals surface area contributed by atoms with Crippen molar-refractivity contribution in [3.05, 3.63) is 46.4 Å². The zero-order chi connectivity index (χ0) is 19.0. The van der Waals surface area contributed by atoms with Crippen molar-refractivity contribution in [2.75, 3.05) is 12.3 Å². The van der Waals surface area contributed by atoms with E-state index in [-0.39, 0.29) is 23.8 Å². The normalized spacial score (nSPS) is 15.3. The Labute approximate surface area is 156 Å². The molecule has 3 aromatic heterocycles. The van der Waals surface area contributed by atoms with Gasteiger partial charge in [-0.3, -0.25) is 9.20 Å². The number of anilines is 1. The van der Waals surface area contributed by atoms with E-state index in [9.17, 15) is 9.59 Å². The molecule has 0 atom stereocenters. The number of nitrogens with zero attached hydrogens (tertiary/aromatic N) is 3. The highest BCUT2D eigenvalue weighted by Gasteiger charge is 2.30. The predicted octanol–water partition coefficient (Wildman–Crippen LogP) is 2.40. The number of nitrogens with two attached hydrogens (primary N) is 1. The van der Waals surface area contributed by atoms with Crippen LogP contribution in [0.5, 0.6) is 0 Å². The van der Waals surface area contributed by atoms with Gasteiger partial charge >= 0.3 is 5.97 Å². The largest absolute Gasteiger partial charge is 0.462 e. The number of nitrogen functional groups attached to an aromatic ring is 1. The van der Waals surface area contributed by atoms with Gasteiger partial charge in [0.25, 0.3) is 11.2 Å². The minimum Gasteiger partial charge on any atom is -0.462 e. The monoisotopic (exact) mass is 367 g/mol. The van der Waals surface area contributed by atoms with Gasteiger partial charge in [0.05, 0.1) is 12.6 Å². The van der Waals surface area contributed by atoms with E-state index in [0.717, 1.165) is 25.7 Å². The van der Waals surface area contributed by atoms with E-state index in [2.05, 4.69) is 0 Å². The van der Waals surface area contributed by atoms with Crippen molar-refractivity contribution in [2.45, 2.75) is 45.1 Å². The van der Waals surface area contributed by atoms with Crippen LogP contribution in [0.25, 0.3) is 16.7 Å². The van der Waals surface area contributed by atoms with Gasteiger partial charge < -0.3 is 10.5 Å². The molecule has 0 amide bonds. The summed E-state index contributed by atoms with van der Waals surface area (Å²) in [4.78, 5) is 30.3. The van der Waals surface area contributed by atoms with Crippen LogP contribution in [-0.4, -0.2) is 22.0 Å². The highest BCUT2D eigenvalue weighted by atomic mass is 16.5. The number of carbonyl (C=O) groups excluding carboxylic acids is 1.